The Morgan fingerprint density at radius 1 is 1.50 bits per heavy atom. The normalized spacial score (nSPS) is 9.80. The Kier molecular flexibility index (Phi) is 1.72. The van der Waals surface area contributed by atoms with Gasteiger partial charge in [0.1, 0.15) is 5.82 Å². The number of nitrogens with zero attached hydrogens (tertiary/aromatic N) is 1. The van der Waals surface area contributed by atoms with Gasteiger partial charge < -0.3 is 11.5 Å². The van der Waals surface area contributed by atoms with Crippen LogP contribution in [0.2, 0.25) is 0 Å². The van der Waals surface area contributed by atoms with Gasteiger partial charge in [-0.1, -0.05) is 0 Å². The Morgan fingerprint density at radius 3 is 2.60 bits per heavy atom. The summed E-state index contributed by atoms with van der Waals surface area (Å²) in [5, 5.41) is 0. The molecule has 0 bridgehead atoms. The highest BCUT2D eigenvalue weighted by Gasteiger charge is 1.99. The van der Waals surface area contributed by atoms with Gasteiger partial charge in [0.25, 0.3) is 0 Å². The second-order valence-corrected chi connectivity index (χ2v) is 2.55. The molecular formula is C6H9N3S. The van der Waals surface area contributed by atoms with Gasteiger partial charge in [0.15, 0.2) is 0 Å². The van der Waals surface area contributed by atoms with Crippen LogP contribution in [0.15, 0.2) is 11.0 Å². The Hall–Kier alpha value is -0.900. The highest BCUT2D eigenvalue weighted by molar-refractivity contribution is 7.80. The van der Waals surface area contributed by atoms with Crippen molar-refractivity contribution in [3.8, 4) is 0 Å². The standard InChI is InChI=1S/C6H9N3S/c1-3-5(10)2-4(7)6(8)9-3/h2,10H,7H2,1H3,(H2,8,9). The number of anilines is 2. The average molecular weight is 155 g/mol. The van der Waals surface area contributed by atoms with Gasteiger partial charge in [-0.3, -0.25) is 0 Å². The lowest BCUT2D eigenvalue weighted by molar-refractivity contribution is 1.13. The maximum Gasteiger partial charge on any atom is 0.146 e. The van der Waals surface area contributed by atoms with Crippen LogP contribution >= 0.6 is 12.6 Å². The van der Waals surface area contributed by atoms with Gasteiger partial charge in [-0.25, -0.2) is 4.98 Å². The van der Waals surface area contributed by atoms with E-state index in [-0.39, 0.29) is 0 Å². The number of rotatable bonds is 0. The van der Waals surface area contributed by atoms with Crippen molar-refractivity contribution in [1.29, 1.82) is 0 Å². The topological polar surface area (TPSA) is 64.9 Å². The third-order valence-corrected chi connectivity index (χ3v) is 1.70. The fourth-order valence-electron chi connectivity index (χ4n) is 0.628. The lowest BCUT2D eigenvalue weighted by atomic mass is 10.3. The average Bonchev–Trinajstić information content (AvgIpc) is 1.84. The molecule has 10 heavy (non-hydrogen) atoms. The van der Waals surface area contributed by atoms with E-state index in [1.807, 2.05) is 6.92 Å². The summed E-state index contributed by atoms with van der Waals surface area (Å²) in [6, 6.07) is 1.70. The Labute approximate surface area is 64.9 Å². The zero-order valence-corrected chi connectivity index (χ0v) is 6.52. The molecule has 1 aromatic heterocycles. The van der Waals surface area contributed by atoms with E-state index in [4.69, 9.17) is 11.5 Å². The minimum Gasteiger partial charge on any atom is -0.396 e. The minimum atomic E-state index is 0.371. The van der Waals surface area contributed by atoms with E-state index in [1.165, 1.54) is 0 Å². The SMILES string of the molecule is Cc1nc(N)c(N)cc1S. The molecule has 1 rings (SSSR count). The molecule has 1 aromatic rings. The molecule has 4 heteroatoms. The molecule has 0 unspecified atom stereocenters. The van der Waals surface area contributed by atoms with Gasteiger partial charge in [-0.05, 0) is 13.0 Å². The summed E-state index contributed by atoms with van der Waals surface area (Å²) in [5.74, 6) is 0.371. The zero-order valence-electron chi connectivity index (χ0n) is 5.63. The molecular weight excluding hydrogens is 146 g/mol. The Balaban J connectivity index is 3.28. The molecule has 0 spiro atoms. The predicted molar refractivity (Wildman–Crippen MR) is 45.1 cm³/mol. The Morgan fingerprint density at radius 2 is 2.10 bits per heavy atom. The first-order chi connectivity index (χ1) is 4.61. The second-order valence-electron chi connectivity index (χ2n) is 2.07. The number of aryl methyl sites for hydroxylation is 1. The fraction of sp³-hybridized carbons (Fsp3) is 0.167. The van der Waals surface area contributed by atoms with Crippen LogP contribution in [0.5, 0.6) is 0 Å². The molecule has 3 nitrogen and oxygen atoms in total. The monoisotopic (exact) mass is 155 g/mol. The van der Waals surface area contributed by atoms with Crippen LogP contribution in [-0.2, 0) is 0 Å². The smallest absolute Gasteiger partial charge is 0.146 e. The van der Waals surface area contributed by atoms with Crippen molar-refractivity contribution in [2.75, 3.05) is 11.5 Å². The van der Waals surface area contributed by atoms with Crippen molar-refractivity contribution in [3.63, 3.8) is 0 Å². The highest BCUT2D eigenvalue weighted by Crippen LogP contribution is 2.18. The molecule has 4 N–H and O–H groups in total. The molecule has 0 fully saturated rings. The minimum absolute atomic E-state index is 0.371. The first-order valence-electron chi connectivity index (χ1n) is 2.83. The molecule has 0 aliphatic heterocycles. The fourth-order valence-corrected chi connectivity index (χ4v) is 0.817. The van der Waals surface area contributed by atoms with E-state index in [9.17, 15) is 0 Å². The molecule has 1 heterocycles. The van der Waals surface area contributed by atoms with Gasteiger partial charge in [0.05, 0.1) is 11.4 Å². The van der Waals surface area contributed by atoms with Crippen LogP contribution in [0.25, 0.3) is 0 Å². The molecule has 0 aliphatic rings. The zero-order chi connectivity index (χ0) is 7.72. The quantitative estimate of drug-likeness (QED) is 0.486. The van der Waals surface area contributed by atoms with Crippen molar-refractivity contribution in [2.24, 2.45) is 0 Å². The lowest BCUT2D eigenvalue weighted by Gasteiger charge is -2.01. The lowest BCUT2D eigenvalue weighted by Crippen LogP contribution is -1.99. The predicted octanol–water partition coefficient (Wildman–Crippen LogP) is 0.843. The summed E-state index contributed by atoms with van der Waals surface area (Å²) >= 11 is 4.12. The molecule has 0 amide bonds. The van der Waals surface area contributed by atoms with Crippen LogP contribution in [0, 0.1) is 6.92 Å². The van der Waals surface area contributed by atoms with Gasteiger partial charge in [0, 0.05) is 4.90 Å². The van der Waals surface area contributed by atoms with Crippen molar-refractivity contribution < 1.29 is 0 Å². The molecule has 0 radical (unpaired) electrons. The summed E-state index contributed by atoms with van der Waals surface area (Å²) in [4.78, 5) is 4.72. The summed E-state index contributed by atoms with van der Waals surface area (Å²) in [7, 11) is 0. The van der Waals surface area contributed by atoms with E-state index in [0.717, 1.165) is 10.6 Å². The first kappa shape index (κ1) is 7.21. The molecule has 0 aromatic carbocycles. The third-order valence-electron chi connectivity index (χ3n) is 1.25. The molecule has 0 saturated carbocycles. The number of nitrogens with two attached hydrogens (primary N) is 2. The number of pyridine rings is 1. The van der Waals surface area contributed by atoms with Crippen LogP contribution in [0.1, 0.15) is 5.69 Å². The summed E-state index contributed by atoms with van der Waals surface area (Å²) in [6.07, 6.45) is 0. The van der Waals surface area contributed by atoms with E-state index >= 15 is 0 Å². The van der Waals surface area contributed by atoms with Gasteiger partial charge in [0.2, 0.25) is 0 Å². The number of thiol groups is 1. The number of nitrogen functional groups attached to an aromatic ring is 2. The van der Waals surface area contributed by atoms with Crippen molar-refractivity contribution in [2.45, 2.75) is 11.8 Å². The van der Waals surface area contributed by atoms with E-state index in [2.05, 4.69) is 17.6 Å². The molecule has 0 saturated heterocycles. The van der Waals surface area contributed by atoms with Gasteiger partial charge in [-0.2, -0.15) is 0 Å². The number of hydrogen-bond donors (Lipinski definition) is 3. The van der Waals surface area contributed by atoms with Crippen molar-refractivity contribution in [1.82, 2.24) is 4.98 Å². The van der Waals surface area contributed by atoms with Crippen molar-refractivity contribution >= 4 is 24.1 Å². The maximum atomic E-state index is 5.45. The molecule has 0 aliphatic carbocycles. The van der Waals surface area contributed by atoms with Crippen LogP contribution in [0.3, 0.4) is 0 Å². The van der Waals surface area contributed by atoms with Gasteiger partial charge in [-0.15, -0.1) is 12.6 Å². The third kappa shape index (κ3) is 1.16. The van der Waals surface area contributed by atoms with Crippen LogP contribution in [-0.4, -0.2) is 4.98 Å². The van der Waals surface area contributed by atoms with E-state index in [1.54, 1.807) is 6.07 Å². The van der Waals surface area contributed by atoms with Crippen LogP contribution < -0.4 is 11.5 Å². The van der Waals surface area contributed by atoms with Gasteiger partial charge >= 0.3 is 0 Å². The highest BCUT2D eigenvalue weighted by atomic mass is 32.1. The largest absolute Gasteiger partial charge is 0.396 e. The first-order valence-corrected chi connectivity index (χ1v) is 3.27. The molecule has 54 valence electrons. The maximum absolute atomic E-state index is 5.45. The number of hydrogen-bond acceptors (Lipinski definition) is 4. The van der Waals surface area contributed by atoms with E-state index < -0.39 is 0 Å². The molecule has 0 atom stereocenters. The second kappa shape index (κ2) is 2.38. The summed E-state index contributed by atoms with van der Waals surface area (Å²) in [5.41, 5.74) is 12.2. The van der Waals surface area contributed by atoms with Crippen LogP contribution in [0.4, 0.5) is 11.5 Å². The van der Waals surface area contributed by atoms with E-state index in [0.29, 0.717) is 11.5 Å². The summed E-state index contributed by atoms with van der Waals surface area (Å²) < 4.78 is 0. The Bertz CT molecular complexity index is 209. The summed E-state index contributed by atoms with van der Waals surface area (Å²) in [6.45, 7) is 1.83. The van der Waals surface area contributed by atoms with Crippen molar-refractivity contribution in [3.05, 3.63) is 11.8 Å². The number of aromatic nitrogens is 1.